The molecule has 0 aromatic carbocycles. The summed E-state index contributed by atoms with van der Waals surface area (Å²) in [5.41, 5.74) is 6.15. The van der Waals surface area contributed by atoms with Gasteiger partial charge in [0, 0.05) is 19.0 Å². The normalized spacial score (nSPS) is 12.8. The number of hydrogen-bond acceptors (Lipinski definition) is 3. The summed E-state index contributed by atoms with van der Waals surface area (Å²) in [6.07, 6.45) is 3.64. The molecule has 1 unspecified atom stereocenters. The Morgan fingerprint density at radius 3 is 2.94 bits per heavy atom. The van der Waals surface area contributed by atoms with Crippen LogP contribution in [0.25, 0.3) is 0 Å². The summed E-state index contributed by atoms with van der Waals surface area (Å²) in [5.74, 6) is 0.0463. The van der Waals surface area contributed by atoms with Gasteiger partial charge in [-0.25, -0.2) is 0 Å². The summed E-state index contributed by atoms with van der Waals surface area (Å²) in [5, 5.41) is 4.48. The number of carbonyl (C=O) groups excluding carboxylic acids is 1. The van der Waals surface area contributed by atoms with Gasteiger partial charge in [0.2, 0.25) is 0 Å². The Balaban J connectivity index is 2.62. The molecule has 4 nitrogen and oxygen atoms in total. The predicted octanol–water partition coefficient (Wildman–Crippen LogP) is 2.26. The van der Waals surface area contributed by atoms with Crippen molar-refractivity contribution >= 4 is 17.4 Å². The Hall–Kier alpha value is -0.870. The third kappa shape index (κ3) is 3.32. The highest BCUT2D eigenvalue weighted by atomic mass is 35.5. The van der Waals surface area contributed by atoms with Crippen LogP contribution in [0.2, 0.25) is 5.02 Å². The third-order valence-electron chi connectivity index (χ3n) is 2.42. The molecule has 0 aliphatic carbocycles. The van der Waals surface area contributed by atoms with Gasteiger partial charge >= 0.3 is 0 Å². The molecular weight excluding hydrogens is 226 g/mol. The van der Waals surface area contributed by atoms with Gasteiger partial charge < -0.3 is 5.73 Å². The van der Waals surface area contributed by atoms with E-state index < -0.39 is 0 Å². The third-order valence-corrected chi connectivity index (χ3v) is 2.70. The summed E-state index contributed by atoms with van der Waals surface area (Å²) in [6.45, 7) is 4.52. The summed E-state index contributed by atoms with van der Waals surface area (Å²) in [4.78, 5) is 11.9. The second kappa shape index (κ2) is 6.01. The molecule has 16 heavy (non-hydrogen) atoms. The van der Waals surface area contributed by atoms with Gasteiger partial charge in [-0.2, -0.15) is 5.10 Å². The van der Waals surface area contributed by atoms with Crippen molar-refractivity contribution in [2.24, 2.45) is 5.73 Å². The fourth-order valence-electron chi connectivity index (χ4n) is 1.58. The number of halogens is 1. The Morgan fingerprint density at radius 2 is 2.38 bits per heavy atom. The second-order valence-electron chi connectivity index (χ2n) is 3.95. The highest BCUT2D eigenvalue weighted by Gasteiger charge is 2.16. The minimum atomic E-state index is 0.0463. The standard InChI is InChI=1S/C11H18ClN3O/c1-3-15-11(9(12)7-14-15)10(16)6-4-5-8(2)13/h7-8H,3-6,13H2,1-2H3. The lowest BCUT2D eigenvalue weighted by molar-refractivity contribution is 0.0969. The average molecular weight is 244 g/mol. The minimum Gasteiger partial charge on any atom is -0.328 e. The number of aryl methyl sites for hydroxylation is 1. The Morgan fingerprint density at radius 1 is 1.69 bits per heavy atom. The van der Waals surface area contributed by atoms with Crippen LogP contribution in [0, 0.1) is 0 Å². The molecule has 2 N–H and O–H groups in total. The molecule has 1 aromatic heterocycles. The molecule has 0 amide bonds. The number of hydrogen-bond donors (Lipinski definition) is 1. The van der Waals surface area contributed by atoms with Crippen LogP contribution in [-0.4, -0.2) is 21.6 Å². The summed E-state index contributed by atoms with van der Waals surface area (Å²) >= 11 is 5.93. The molecule has 0 spiro atoms. The smallest absolute Gasteiger partial charge is 0.182 e. The van der Waals surface area contributed by atoms with Gasteiger partial charge in [-0.15, -0.1) is 0 Å². The van der Waals surface area contributed by atoms with E-state index in [1.165, 1.54) is 6.20 Å². The quantitative estimate of drug-likeness (QED) is 0.780. The molecule has 0 aliphatic heterocycles. The van der Waals surface area contributed by atoms with Crippen molar-refractivity contribution in [2.75, 3.05) is 0 Å². The lowest BCUT2D eigenvalue weighted by Crippen LogP contribution is -2.15. The summed E-state index contributed by atoms with van der Waals surface area (Å²) in [7, 11) is 0. The first-order valence-electron chi connectivity index (χ1n) is 5.56. The number of rotatable bonds is 6. The largest absolute Gasteiger partial charge is 0.328 e. The van der Waals surface area contributed by atoms with Crippen LogP contribution in [-0.2, 0) is 6.54 Å². The van der Waals surface area contributed by atoms with Crippen LogP contribution < -0.4 is 5.73 Å². The topological polar surface area (TPSA) is 60.9 Å². The Labute approximate surface area is 101 Å². The number of Topliss-reactive ketones (excluding diaryl/α,β-unsaturated/α-hetero) is 1. The SMILES string of the molecule is CCn1ncc(Cl)c1C(=O)CCCC(C)N. The van der Waals surface area contributed by atoms with Crippen molar-refractivity contribution < 1.29 is 4.79 Å². The zero-order valence-corrected chi connectivity index (χ0v) is 10.5. The van der Waals surface area contributed by atoms with E-state index in [-0.39, 0.29) is 11.8 Å². The van der Waals surface area contributed by atoms with E-state index >= 15 is 0 Å². The summed E-state index contributed by atoms with van der Waals surface area (Å²) < 4.78 is 1.64. The zero-order chi connectivity index (χ0) is 12.1. The van der Waals surface area contributed by atoms with Crippen LogP contribution in [0.5, 0.6) is 0 Å². The van der Waals surface area contributed by atoms with Crippen molar-refractivity contribution in [2.45, 2.75) is 45.7 Å². The van der Waals surface area contributed by atoms with Crippen molar-refractivity contribution in [3.05, 3.63) is 16.9 Å². The highest BCUT2D eigenvalue weighted by Crippen LogP contribution is 2.18. The van der Waals surface area contributed by atoms with Crippen molar-refractivity contribution in [1.29, 1.82) is 0 Å². The van der Waals surface area contributed by atoms with Crippen LogP contribution in [0.15, 0.2) is 6.20 Å². The molecule has 1 atom stereocenters. The van der Waals surface area contributed by atoms with E-state index in [0.29, 0.717) is 23.7 Å². The number of nitrogens with zero attached hydrogens (tertiary/aromatic N) is 2. The summed E-state index contributed by atoms with van der Waals surface area (Å²) in [6, 6.07) is 0.138. The zero-order valence-electron chi connectivity index (χ0n) is 9.74. The molecule has 1 heterocycles. The van der Waals surface area contributed by atoms with Gasteiger partial charge in [-0.1, -0.05) is 11.6 Å². The van der Waals surface area contributed by atoms with Crippen LogP contribution in [0.3, 0.4) is 0 Å². The number of carbonyl (C=O) groups is 1. The lowest BCUT2D eigenvalue weighted by atomic mass is 10.1. The van der Waals surface area contributed by atoms with E-state index in [1.807, 2.05) is 13.8 Å². The Kier molecular flexibility index (Phi) is 4.96. The lowest BCUT2D eigenvalue weighted by Gasteiger charge is -2.06. The van der Waals surface area contributed by atoms with E-state index in [4.69, 9.17) is 17.3 Å². The predicted molar refractivity (Wildman–Crippen MR) is 64.7 cm³/mol. The van der Waals surface area contributed by atoms with Gasteiger partial charge in [-0.3, -0.25) is 9.48 Å². The molecule has 0 saturated carbocycles. The second-order valence-corrected chi connectivity index (χ2v) is 4.36. The molecule has 1 rings (SSSR count). The molecule has 90 valence electrons. The molecule has 0 fully saturated rings. The van der Waals surface area contributed by atoms with Gasteiger partial charge in [0.1, 0.15) is 5.69 Å². The van der Waals surface area contributed by atoms with Crippen molar-refractivity contribution in [1.82, 2.24) is 9.78 Å². The maximum absolute atomic E-state index is 11.9. The molecule has 0 saturated heterocycles. The molecule has 0 aliphatic rings. The van der Waals surface area contributed by atoms with Crippen LogP contribution in [0.4, 0.5) is 0 Å². The van der Waals surface area contributed by atoms with Gasteiger partial charge in [-0.05, 0) is 26.7 Å². The van der Waals surface area contributed by atoms with Crippen LogP contribution >= 0.6 is 11.6 Å². The molecule has 1 aromatic rings. The average Bonchev–Trinajstić information content (AvgIpc) is 2.58. The number of aromatic nitrogens is 2. The molecular formula is C11H18ClN3O. The van der Waals surface area contributed by atoms with Crippen LogP contribution in [0.1, 0.15) is 43.6 Å². The molecule has 5 heteroatoms. The monoisotopic (exact) mass is 243 g/mol. The van der Waals surface area contributed by atoms with E-state index in [9.17, 15) is 4.79 Å². The first-order valence-corrected chi connectivity index (χ1v) is 5.94. The fraction of sp³-hybridized carbons (Fsp3) is 0.636. The maximum atomic E-state index is 11.9. The van der Waals surface area contributed by atoms with E-state index in [2.05, 4.69) is 5.10 Å². The van der Waals surface area contributed by atoms with E-state index in [1.54, 1.807) is 4.68 Å². The van der Waals surface area contributed by atoms with Gasteiger partial charge in [0.25, 0.3) is 0 Å². The molecule has 0 radical (unpaired) electrons. The van der Waals surface area contributed by atoms with Crippen molar-refractivity contribution in [3.63, 3.8) is 0 Å². The van der Waals surface area contributed by atoms with E-state index in [0.717, 1.165) is 12.8 Å². The van der Waals surface area contributed by atoms with Gasteiger partial charge in [0.05, 0.1) is 11.2 Å². The maximum Gasteiger partial charge on any atom is 0.182 e. The first-order chi connectivity index (χ1) is 7.56. The Bertz CT molecular complexity index is 360. The van der Waals surface area contributed by atoms with Gasteiger partial charge in [0.15, 0.2) is 5.78 Å². The molecule has 0 bridgehead atoms. The number of nitrogens with two attached hydrogens (primary N) is 1. The van der Waals surface area contributed by atoms with Crippen molar-refractivity contribution in [3.8, 4) is 0 Å². The first kappa shape index (κ1) is 13.2. The number of ketones is 1. The highest BCUT2D eigenvalue weighted by molar-refractivity contribution is 6.33. The fourth-order valence-corrected chi connectivity index (χ4v) is 1.83. The minimum absolute atomic E-state index is 0.0463.